The van der Waals surface area contributed by atoms with Crippen molar-refractivity contribution >= 4 is 11.6 Å². The van der Waals surface area contributed by atoms with Crippen LogP contribution in [0.25, 0.3) is 11.4 Å². The normalized spacial score (nSPS) is 15.6. The number of anilines is 1. The Labute approximate surface area is 192 Å². The van der Waals surface area contributed by atoms with Crippen molar-refractivity contribution in [1.29, 1.82) is 0 Å². The monoisotopic (exact) mass is 453 g/mol. The van der Waals surface area contributed by atoms with Gasteiger partial charge in [0.15, 0.2) is 11.5 Å². The average molecular weight is 453 g/mol. The Balaban J connectivity index is 1.55. The van der Waals surface area contributed by atoms with Gasteiger partial charge in [0.1, 0.15) is 11.5 Å². The van der Waals surface area contributed by atoms with Crippen LogP contribution in [0.5, 0.6) is 23.0 Å². The van der Waals surface area contributed by atoms with Gasteiger partial charge in [-0.25, -0.2) is 0 Å². The summed E-state index contributed by atoms with van der Waals surface area (Å²) in [6, 6.07) is 10.9. The largest absolute Gasteiger partial charge is 0.497 e. The molecule has 0 N–H and O–H groups in total. The minimum Gasteiger partial charge on any atom is -0.497 e. The van der Waals surface area contributed by atoms with E-state index >= 15 is 0 Å². The highest BCUT2D eigenvalue weighted by atomic mass is 16.5. The minimum atomic E-state index is -0.233. The van der Waals surface area contributed by atoms with Gasteiger partial charge in [0.2, 0.25) is 17.6 Å². The molecular weight excluding hydrogens is 426 g/mol. The summed E-state index contributed by atoms with van der Waals surface area (Å²) in [5, 5.41) is 4.13. The summed E-state index contributed by atoms with van der Waals surface area (Å²) < 4.78 is 27.4. The molecule has 1 aliphatic heterocycles. The molecular formula is C24H27N3O6. The first kappa shape index (κ1) is 22.4. The number of carbonyl (C=O) groups excluding carboxylic acids is 1. The fraction of sp³-hybridized carbons (Fsp3) is 0.375. The Morgan fingerprint density at radius 3 is 2.55 bits per heavy atom. The van der Waals surface area contributed by atoms with Crippen molar-refractivity contribution in [3.63, 3.8) is 0 Å². The molecule has 9 heteroatoms. The van der Waals surface area contributed by atoms with Gasteiger partial charge in [-0.3, -0.25) is 4.79 Å². The van der Waals surface area contributed by atoms with E-state index in [0.717, 1.165) is 12.0 Å². The van der Waals surface area contributed by atoms with Gasteiger partial charge in [-0.1, -0.05) is 12.1 Å². The van der Waals surface area contributed by atoms with Crippen LogP contribution in [0.2, 0.25) is 0 Å². The Hall–Kier alpha value is -3.75. The van der Waals surface area contributed by atoms with Crippen molar-refractivity contribution in [1.82, 2.24) is 10.1 Å². The van der Waals surface area contributed by atoms with Gasteiger partial charge >= 0.3 is 0 Å². The molecule has 1 atom stereocenters. The summed E-state index contributed by atoms with van der Waals surface area (Å²) in [7, 11) is 4.74. The van der Waals surface area contributed by atoms with Crippen LogP contribution in [0.4, 0.5) is 5.69 Å². The van der Waals surface area contributed by atoms with E-state index in [1.807, 2.05) is 25.1 Å². The first-order valence-corrected chi connectivity index (χ1v) is 10.7. The highest BCUT2D eigenvalue weighted by Crippen LogP contribution is 2.39. The average Bonchev–Trinajstić information content (AvgIpc) is 3.49. The van der Waals surface area contributed by atoms with Gasteiger partial charge in [-0.15, -0.1) is 0 Å². The third-order valence-electron chi connectivity index (χ3n) is 5.48. The standard InChI is InChI=1S/C24H27N3O6/c1-5-10-32-20-8-6-15(11-21(20)31-4)23-25-24(33-26-23)16-12-22(28)27(14-16)18-13-17(29-2)7-9-19(18)30-3/h6-9,11,13,16H,5,10,12,14H2,1-4H3. The maximum absolute atomic E-state index is 12.8. The van der Waals surface area contributed by atoms with Crippen LogP contribution in [0, 0.1) is 0 Å². The topological polar surface area (TPSA) is 96.2 Å². The van der Waals surface area contributed by atoms with Crippen LogP contribution >= 0.6 is 0 Å². The molecule has 2 aromatic carbocycles. The third kappa shape index (κ3) is 4.57. The molecule has 1 amide bonds. The van der Waals surface area contributed by atoms with E-state index in [-0.39, 0.29) is 18.2 Å². The van der Waals surface area contributed by atoms with Crippen LogP contribution in [0.1, 0.15) is 31.6 Å². The van der Waals surface area contributed by atoms with Gasteiger partial charge in [0.05, 0.1) is 39.5 Å². The lowest BCUT2D eigenvalue weighted by molar-refractivity contribution is -0.117. The van der Waals surface area contributed by atoms with Crippen LogP contribution in [-0.2, 0) is 4.79 Å². The smallest absolute Gasteiger partial charge is 0.232 e. The van der Waals surface area contributed by atoms with Crippen LogP contribution in [0.3, 0.4) is 0 Å². The second kappa shape index (κ2) is 9.81. The van der Waals surface area contributed by atoms with Gasteiger partial charge < -0.3 is 28.4 Å². The zero-order chi connectivity index (χ0) is 23.4. The van der Waals surface area contributed by atoms with Crippen molar-refractivity contribution < 1.29 is 28.3 Å². The quantitative estimate of drug-likeness (QED) is 0.478. The van der Waals surface area contributed by atoms with Crippen molar-refractivity contribution in [2.75, 3.05) is 39.4 Å². The molecule has 0 bridgehead atoms. The van der Waals surface area contributed by atoms with E-state index < -0.39 is 0 Å². The summed E-state index contributed by atoms with van der Waals surface area (Å²) in [4.78, 5) is 19.0. The summed E-state index contributed by atoms with van der Waals surface area (Å²) in [6.07, 6.45) is 1.16. The predicted molar refractivity (Wildman–Crippen MR) is 121 cm³/mol. The zero-order valence-electron chi connectivity index (χ0n) is 19.2. The fourth-order valence-electron chi connectivity index (χ4n) is 3.77. The number of methoxy groups -OCH3 is 3. The molecule has 1 saturated heterocycles. The number of hydrogen-bond acceptors (Lipinski definition) is 8. The number of nitrogens with zero attached hydrogens (tertiary/aromatic N) is 3. The van der Waals surface area contributed by atoms with Crippen molar-refractivity contribution in [2.24, 2.45) is 0 Å². The molecule has 174 valence electrons. The van der Waals surface area contributed by atoms with E-state index in [0.29, 0.717) is 53.6 Å². The number of rotatable bonds is 9. The first-order chi connectivity index (χ1) is 16.1. The summed E-state index contributed by atoms with van der Waals surface area (Å²) >= 11 is 0. The molecule has 1 aliphatic rings. The zero-order valence-corrected chi connectivity index (χ0v) is 19.2. The van der Waals surface area contributed by atoms with E-state index in [1.165, 1.54) is 0 Å². The molecule has 2 heterocycles. The molecule has 1 fully saturated rings. The van der Waals surface area contributed by atoms with E-state index in [9.17, 15) is 4.79 Å². The second-order valence-corrected chi connectivity index (χ2v) is 7.61. The Morgan fingerprint density at radius 2 is 1.82 bits per heavy atom. The highest BCUT2D eigenvalue weighted by molar-refractivity contribution is 5.98. The van der Waals surface area contributed by atoms with Crippen LogP contribution in [0.15, 0.2) is 40.9 Å². The van der Waals surface area contributed by atoms with Crippen LogP contribution < -0.4 is 23.8 Å². The van der Waals surface area contributed by atoms with Crippen molar-refractivity contribution in [3.8, 4) is 34.4 Å². The molecule has 0 aliphatic carbocycles. The molecule has 9 nitrogen and oxygen atoms in total. The molecule has 33 heavy (non-hydrogen) atoms. The number of amides is 1. The maximum Gasteiger partial charge on any atom is 0.232 e. The first-order valence-electron chi connectivity index (χ1n) is 10.7. The Bertz CT molecular complexity index is 1130. The van der Waals surface area contributed by atoms with E-state index in [4.69, 9.17) is 23.5 Å². The summed E-state index contributed by atoms with van der Waals surface area (Å²) in [5.74, 6) is 3.05. The number of ether oxygens (including phenoxy) is 4. The molecule has 0 radical (unpaired) electrons. The minimum absolute atomic E-state index is 0.0506. The molecule has 4 rings (SSSR count). The number of benzene rings is 2. The van der Waals surface area contributed by atoms with Gasteiger partial charge in [0.25, 0.3) is 0 Å². The Kier molecular flexibility index (Phi) is 6.67. The summed E-state index contributed by atoms with van der Waals surface area (Å²) in [6.45, 7) is 3.05. The van der Waals surface area contributed by atoms with Crippen LogP contribution in [-0.4, -0.2) is 50.5 Å². The van der Waals surface area contributed by atoms with E-state index in [1.54, 1.807) is 44.4 Å². The fourth-order valence-corrected chi connectivity index (χ4v) is 3.77. The summed E-state index contributed by atoms with van der Waals surface area (Å²) in [5.41, 5.74) is 1.39. The van der Waals surface area contributed by atoms with Crippen molar-refractivity contribution in [3.05, 3.63) is 42.3 Å². The van der Waals surface area contributed by atoms with Gasteiger partial charge in [0, 0.05) is 24.6 Å². The molecule has 0 spiro atoms. The number of aromatic nitrogens is 2. The molecule has 1 aromatic heterocycles. The maximum atomic E-state index is 12.8. The van der Waals surface area contributed by atoms with Gasteiger partial charge in [-0.2, -0.15) is 4.98 Å². The lowest BCUT2D eigenvalue weighted by Crippen LogP contribution is -2.24. The van der Waals surface area contributed by atoms with E-state index in [2.05, 4.69) is 10.1 Å². The number of hydrogen-bond donors (Lipinski definition) is 0. The lowest BCUT2D eigenvalue weighted by atomic mass is 10.1. The Morgan fingerprint density at radius 1 is 1.03 bits per heavy atom. The number of carbonyl (C=O) groups is 1. The lowest BCUT2D eigenvalue weighted by Gasteiger charge is -2.20. The molecule has 0 saturated carbocycles. The molecule has 1 unspecified atom stereocenters. The highest BCUT2D eigenvalue weighted by Gasteiger charge is 2.36. The second-order valence-electron chi connectivity index (χ2n) is 7.61. The predicted octanol–water partition coefficient (Wildman–Crippen LogP) is 4.07. The van der Waals surface area contributed by atoms with Gasteiger partial charge in [-0.05, 0) is 36.8 Å². The third-order valence-corrected chi connectivity index (χ3v) is 5.48. The SMILES string of the molecule is CCCOc1ccc(-c2noc(C3CC(=O)N(c4cc(OC)ccc4OC)C3)n2)cc1OC. The van der Waals surface area contributed by atoms with Crippen molar-refractivity contribution in [2.45, 2.75) is 25.7 Å². The molecule has 3 aromatic rings.